The van der Waals surface area contributed by atoms with Crippen molar-refractivity contribution in [1.82, 2.24) is 9.78 Å². The summed E-state index contributed by atoms with van der Waals surface area (Å²) in [5, 5.41) is 4.95. The lowest BCUT2D eigenvalue weighted by Crippen LogP contribution is -2.11. The summed E-state index contributed by atoms with van der Waals surface area (Å²) in [6, 6.07) is 7.60. The van der Waals surface area contributed by atoms with Gasteiger partial charge in [-0.25, -0.2) is 0 Å². The summed E-state index contributed by atoms with van der Waals surface area (Å²) in [6.07, 6.45) is 1.02. The van der Waals surface area contributed by atoms with Crippen molar-refractivity contribution in [1.29, 1.82) is 0 Å². The van der Waals surface area contributed by atoms with Crippen LogP contribution in [0.4, 0.5) is 5.69 Å². The number of nitrogens with zero attached hydrogens (tertiary/aromatic N) is 3. The van der Waals surface area contributed by atoms with Gasteiger partial charge in [-0.05, 0) is 18.6 Å². The Morgan fingerprint density at radius 3 is 2.67 bits per heavy atom. The van der Waals surface area contributed by atoms with Gasteiger partial charge in [0.25, 0.3) is 0 Å². The number of rotatable bonds is 5. The fraction of sp³-hybridized carbons (Fsp3) is 0.375. The van der Waals surface area contributed by atoms with Gasteiger partial charge in [-0.2, -0.15) is 5.10 Å². The quantitative estimate of drug-likeness (QED) is 0.797. The van der Waals surface area contributed by atoms with E-state index in [0.29, 0.717) is 10.6 Å². The minimum absolute atomic E-state index is 0.0475. The van der Waals surface area contributed by atoms with E-state index >= 15 is 0 Å². The van der Waals surface area contributed by atoms with E-state index in [-0.39, 0.29) is 12.2 Å². The first kappa shape index (κ1) is 15.6. The lowest BCUT2D eigenvalue weighted by molar-refractivity contribution is 0.0991. The molecule has 4 nitrogen and oxygen atoms in total. The van der Waals surface area contributed by atoms with Crippen LogP contribution in [0.5, 0.6) is 0 Å². The zero-order valence-electron chi connectivity index (χ0n) is 12.9. The van der Waals surface area contributed by atoms with Crippen molar-refractivity contribution in [3.05, 3.63) is 46.2 Å². The second-order valence-corrected chi connectivity index (χ2v) is 5.61. The smallest absolute Gasteiger partial charge is 0.168 e. The number of ketones is 1. The van der Waals surface area contributed by atoms with Gasteiger partial charge < -0.3 is 4.90 Å². The van der Waals surface area contributed by atoms with E-state index in [4.69, 9.17) is 11.6 Å². The van der Waals surface area contributed by atoms with E-state index in [9.17, 15) is 4.79 Å². The van der Waals surface area contributed by atoms with E-state index in [0.717, 1.165) is 23.5 Å². The summed E-state index contributed by atoms with van der Waals surface area (Å²) in [5.74, 6) is 0.0475. The van der Waals surface area contributed by atoms with Crippen LogP contribution in [0.2, 0.25) is 5.02 Å². The summed E-state index contributed by atoms with van der Waals surface area (Å²) in [4.78, 5) is 14.4. The molecule has 0 saturated heterocycles. The zero-order valence-corrected chi connectivity index (χ0v) is 13.6. The molecule has 0 atom stereocenters. The molecule has 0 spiro atoms. The third-order valence-corrected chi connectivity index (χ3v) is 3.95. The fourth-order valence-corrected chi connectivity index (χ4v) is 2.58. The van der Waals surface area contributed by atoms with Gasteiger partial charge in [0.15, 0.2) is 5.78 Å². The molecule has 1 aromatic heterocycles. The molecule has 0 unspecified atom stereocenters. The molecule has 0 radical (unpaired) electrons. The van der Waals surface area contributed by atoms with E-state index in [1.54, 1.807) is 4.68 Å². The summed E-state index contributed by atoms with van der Waals surface area (Å²) in [6.45, 7) is 2.00. The summed E-state index contributed by atoms with van der Waals surface area (Å²) in [7, 11) is 5.73. The highest BCUT2D eigenvalue weighted by atomic mass is 35.5. The molecule has 2 rings (SSSR count). The third-order valence-electron chi connectivity index (χ3n) is 3.52. The van der Waals surface area contributed by atoms with Gasteiger partial charge >= 0.3 is 0 Å². The minimum atomic E-state index is 0.0475. The largest absolute Gasteiger partial charge is 0.378 e. The Morgan fingerprint density at radius 1 is 1.38 bits per heavy atom. The summed E-state index contributed by atoms with van der Waals surface area (Å²) >= 11 is 6.30. The molecule has 0 aliphatic heterocycles. The van der Waals surface area contributed by atoms with Crippen LogP contribution in [-0.4, -0.2) is 29.7 Å². The maximum Gasteiger partial charge on any atom is 0.168 e. The number of hydrogen-bond acceptors (Lipinski definition) is 3. The van der Waals surface area contributed by atoms with Crippen LogP contribution >= 0.6 is 11.6 Å². The Bertz CT molecular complexity index is 662. The molecule has 0 bridgehead atoms. The Labute approximate surface area is 130 Å². The second kappa shape index (κ2) is 6.31. The molecule has 1 heterocycles. The highest BCUT2D eigenvalue weighted by Gasteiger charge is 2.17. The van der Waals surface area contributed by atoms with E-state index in [1.807, 2.05) is 57.2 Å². The first-order valence-corrected chi connectivity index (χ1v) is 7.32. The van der Waals surface area contributed by atoms with Crippen molar-refractivity contribution in [3.8, 4) is 0 Å². The highest BCUT2D eigenvalue weighted by molar-refractivity contribution is 6.32. The Morgan fingerprint density at radius 2 is 2.10 bits per heavy atom. The number of carbonyl (C=O) groups excluding carboxylic acids is 1. The summed E-state index contributed by atoms with van der Waals surface area (Å²) < 4.78 is 1.70. The van der Waals surface area contributed by atoms with Crippen LogP contribution < -0.4 is 4.90 Å². The van der Waals surface area contributed by atoms with Gasteiger partial charge in [0.2, 0.25) is 0 Å². The number of aryl methyl sites for hydroxylation is 2. The van der Waals surface area contributed by atoms with Gasteiger partial charge in [-0.15, -0.1) is 0 Å². The summed E-state index contributed by atoms with van der Waals surface area (Å²) in [5.41, 5.74) is 3.31. The van der Waals surface area contributed by atoms with E-state index < -0.39 is 0 Å². The van der Waals surface area contributed by atoms with Gasteiger partial charge in [0, 0.05) is 32.4 Å². The molecule has 0 saturated carbocycles. The van der Waals surface area contributed by atoms with Crippen molar-refractivity contribution in [2.75, 3.05) is 19.0 Å². The molecular weight excluding hydrogens is 286 g/mol. The highest BCUT2D eigenvalue weighted by Crippen LogP contribution is 2.23. The molecule has 112 valence electrons. The molecule has 1 aromatic carbocycles. The lowest BCUT2D eigenvalue weighted by atomic mass is 10.1. The molecular formula is C16H20ClN3O. The van der Waals surface area contributed by atoms with Crippen LogP contribution in [-0.2, 0) is 19.9 Å². The maximum absolute atomic E-state index is 12.5. The normalized spacial score (nSPS) is 10.7. The van der Waals surface area contributed by atoms with Crippen molar-refractivity contribution in [3.63, 3.8) is 0 Å². The van der Waals surface area contributed by atoms with Crippen molar-refractivity contribution < 1.29 is 4.79 Å². The predicted molar refractivity (Wildman–Crippen MR) is 86.4 cm³/mol. The first-order chi connectivity index (χ1) is 9.93. The average Bonchev–Trinajstić information content (AvgIpc) is 2.74. The Balaban J connectivity index is 2.26. The van der Waals surface area contributed by atoms with Crippen LogP contribution in [0.1, 0.15) is 28.7 Å². The number of benzene rings is 1. The molecule has 21 heavy (non-hydrogen) atoms. The third kappa shape index (κ3) is 3.27. The second-order valence-electron chi connectivity index (χ2n) is 5.23. The van der Waals surface area contributed by atoms with Crippen LogP contribution in [0, 0.1) is 0 Å². The van der Waals surface area contributed by atoms with Gasteiger partial charge in [-0.1, -0.05) is 30.7 Å². The zero-order chi connectivity index (χ0) is 15.6. The number of aromatic nitrogens is 2. The predicted octanol–water partition coefficient (Wildman–Crippen LogP) is 3.13. The number of carbonyl (C=O) groups is 1. The number of halogens is 1. The van der Waals surface area contributed by atoms with E-state index in [1.165, 1.54) is 0 Å². The van der Waals surface area contributed by atoms with Crippen molar-refractivity contribution in [2.45, 2.75) is 19.8 Å². The molecule has 0 aliphatic rings. The van der Waals surface area contributed by atoms with Crippen LogP contribution in [0.3, 0.4) is 0 Å². The molecule has 0 fully saturated rings. The molecule has 0 N–H and O–H groups in total. The monoisotopic (exact) mass is 305 g/mol. The Kier molecular flexibility index (Phi) is 4.68. The minimum Gasteiger partial charge on any atom is -0.378 e. The fourth-order valence-electron chi connectivity index (χ4n) is 2.22. The average molecular weight is 306 g/mol. The van der Waals surface area contributed by atoms with Gasteiger partial charge in [0.05, 0.1) is 22.8 Å². The molecule has 0 aliphatic carbocycles. The molecule has 0 amide bonds. The number of anilines is 1. The van der Waals surface area contributed by atoms with Crippen LogP contribution in [0.25, 0.3) is 0 Å². The SMILES string of the molecule is CCc1nn(C)c(CC(=O)c2cccc(N(C)C)c2)c1Cl. The van der Waals surface area contributed by atoms with Crippen molar-refractivity contribution >= 4 is 23.1 Å². The molecule has 2 aromatic rings. The van der Waals surface area contributed by atoms with E-state index in [2.05, 4.69) is 5.10 Å². The van der Waals surface area contributed by atoms with Gasteiger partial charge in [0.1, 0.15) is 0 Å². The number of hydrogen-bond donors (Lipinski definition) is 0. The lowest BCUT2D eigenvalue weighted by Gasteiger charge is -2.13. The van der Waals surface area contributed by atoms with Crippen molar-refractivity contribution in [2.24, 2.45) is 7.05 Å². The van der Waals surface area contributed by atoms with Crippen LogP contribution in [0.15, 0.2) is 24.3 Å². The van der Waals surface area contributed by atoms with Gasteiger partial charge in [-0.3, -0.25) is 9.48 Å². The topological polar surface area (TPSA) is 38.1 Å². The first-order valence-electron chi connectivity index (χ1n) is 6.94. The maximum atomic E-state index is 12.5. The standard InChI is InChI=1S/C16H20ClN3O/c1-5-13-16(17)14(20(4)18-13)10-15(21)11-7-6-8-12(9-11)19(2)3/h6-9H,5,10H2,1-4H3. The number of Topliss-reactive ketones (excluding diaryl/α,β-unsaturated/α-hetero) is 1. The Hall–Kier alpha value is -1.81. The molecule has 5 heteroatoms.